The molecule has 5 rings (SSSR count). The summed E-state index contributed by atoms with van der Waals surface area (Å²) in [5, 5.41) is 12.9. The average molecular weight is 445 g/mol. The maximum absolute atomic E-state index is 13.0. The van der Waals surface area contributed by atoms with Gasteiger partial charge in [-0.25, -0.2) is 9.78 Å². The molecule has 1 aromatic carbocycles. The summed E-state index contributed by atoms with van der Waals surface area (Å²) in [7, 11) is 2.12. The summed E-state index contributed by atoms with van der Waals surface area (Å²) in [5.41, 5.74) is 5.04. The highest BCUT2D eigenvalue weighted by molar-refractivity contribution is 7.19. The second kappa shape index (κ2) is 8.01. The number of rotatable bonds is 3. The number of likely N-dealkylation sites (tertiary alicyclic amines) is 2. The molecule has 8 heteroatoms. The second-order valence-corrected chi connectivity index (χ2v) is 9.59. The van der Waals surface area contributed by atoms with Gasteiger partial charge >= 0.3 is 6.03 Å². The van der Waals surface area contributed by atoms with Gasteiger partial charge in [0, 0.05) is 42.1 Å². The Morgan fingerprint density at radius 1 is 1.12 bits per heavy atom. The Morgan fingerprint density at radius 2 is 1.91 bits per heavy atom. The molecule has 2 atom stereocenters. The lowest BCUT2D eigenvalue weighted by molar-refractivity contribution is 0.161. The van der Waals surface area contributed by atoms with Crippen molar-refractivity contribution in [2.75, 3.05) is 25.5 Å². The Labute approximate surface area is 191 Å². The first-order chi connectivity index (χ1) is 15.4. The van der Waals surface area contributed by atoms with Crippen LogP contribution < -0.4 is 5.32 Å². The van der Waals surface area contributed by atoms with Gasteiger partial charge in [-0.05, 0) is 57.1 Å². The number of aromatic nitrogens is 2. The first-order valence-electron chi connectivity index (χ1n) is 10.7. The van der Waals surface area contributed by atoms with Crippen LogP contribution in [0, 0.1) is 25.2 Å². The minimum atomic E-state index is -0.0923. The number of benzene rings is 1. The zero-order valence-electron chi connectivity index (χ0n) is 18.3. The van der Waals surface area contributed by atoms with Crippen molar-refractivity contribution in [2.24, 2.45) is 0 Å². The Hall–Kier alpha value is -3.28. The number of nitriles is 1. The molecular weight excluding hydrogens is 420 g/mol. The van der Waals surface area contributed by atoms with Gasteiger partial charge in [0.2, 0.25) is 0 Å². The van der Waals surface area contributed by atoms with Crippen molar-refractivity contribution in [1.82, 2.24) is 19.8 Å². The normalized spacial score (nSPS) is 19.9. The van der Waals surface area contributed by atoms with Gasteiger partial charge in [0.1, 0.15) is 0 Å². The van der Waals surface area contributed by atoms with Crippen molar-refractivity contribution in [3.05, 3.63) is 53.3 Å². The lowest BCUT2D eigenvalue weighted by atomic mass is 10.0. The molecular formula is C24H24N6OS. The zero-order valence-corrected chi connectivity index (χ0v) is 19.1. The molecule has 2 bridgehead atoms. The third kappa shape index (κ3) is 3.74. The molecule has 0 unspecified atom stereocenters. The second-order valence-electron chi connectivity index (χ2n) is 8.59. The summed E-state index contributed by atoms with van der Waals surface area (Å²) < 4.78 is 0. The van der Waals surface area contributed by atoms with Gasteiger partial charge < -0.3 is 4.90 Å². The number of aryl methyl sites for hydroxylation is 2. The van der Waals surface area contributed by atoms with Gasteiger partial charge in [-0.2, -0.15) is 5.26 Å². The van der Waals surface area contributed by atoms with Crippen LogP contribution in [0.25, 0.3) is 21.7 Å². The van der Waals surface area contributed by atoms with Crippen LogP contribution in [0.4, 0.5) is 9.93 Å². The fourth-order valence-electron chi connectivity index (χ4n) is 4.74. The maximum atomic E-state index is 13.0. The molecule has 7 nitrogen and oxygen atoms in total. The number of anilines is 1. The van der Waals surface area contributed by atoms with Crippen LogP contribution in [-0.4, -0.2) is 58.0 Å². The summed E-state index contributed by atoms with van der Waals surface area (Å²) >= 11 is 1.46. The van der Waals surface area contributed by atoms with Crippen molar-refractivity contribution in [3.63, 3.8) is 0 Å². The molecule has 0 radical (unpaired) electrons. The topological polar surface area (TPSA) is 85.2 Å². The number of thiazole rings is 1. The van der Waals surface area contributed by atoms with E-state index in [2.05, 4.69) is 28.3 Å². The number of hydrogen-bond acceptors (Lipinski definition) is 6. The number of carbonyl (C=O) groups excluding carboxylic acids is 1. The van der Waals surface area contributed by atoms with E-state index in [-0.39, 0.29) is 12.1 Å². The van der Waals surface area contributed by atoms with Gasteiger partial charge in [0.05, 0.1) is 22.2 Å². The molecule has 2 amide bonds. The van der Waals surface area contributed by atoms with Crippen molar-refractivity contribution in [2.45, 2.75) is 32.4 Å². The van der Waals surface area contributed by atoms with Gasteiger partial charge in [-0.1, -0.05) is 23.5 Å². The Kier molecular flexibility index (Phi) is 5.16. The van der Waals surface area contributed by atoms with E-state index in [9.17, 15) is 10.1 Å². The average Bonchev–Trinajstić information content (AvgIpc) is 3.47. The predicted octanol–water partition coefficient (Wildman–Crippen LogP) is 4.28. The maximum Gasteiger partial charge on any atom is 0.323 e. The molecule has 3 aromatic rings. The van der Waals surface area contributed by atoms with E-state index >= 15 is 0 Å². The van der Waals surface area contributed by atoms with Crippen LogP contribution in [0.3, 0.4) is 0 Å². The third-order valence-electron chi connectivity index (χ3n) is 6.23. The summed E-state index contributed by atoms with van der Waals surface area (Å²) in [6.07, 6.45) is 1.04. The van der Waals surface area contributed by atoms with E-state index in [1.165, 1.54) is 11.3 Å². The predicted molar refractivity (Wildman–Crippen MR) is 126 cm³/mol. The fourth-order valence-corrected chi connectivity index (χ4v) is 5.71. The van der Waals surface area contributed by atoms with Crippen molar-refractivity contribution in [3.8, 4) is 27.8 Å². The first kappa shape index (κ1) is 20.6. The number of nitrogens with one attached hydrogen (secondary N) is 1. The number of pyridine rings is 1. The van der Waals surface area contributed by atoms with E-state index in [0.717, 1.165) is 52.6 Å². The van der Waals surface area contributed by atoms with E-state index in [1.54, 1.807) is 6.07 Å². The smallest absolute Gasteiger partial charge is 0.319 e. The van der Waals surface area contributed by atoms with Gasteiger partial charge in [-0.3, -0.25) is 15.2 Å². The van der Waals surface area contributed by atoms with E-state index in [1.807, 2.05) is 49.1 Å². The lowest BCUT2D eigenvalue weighted by Gasteiger charge is -2.31. The number of piperazine rings is 1. The monoisotopic (exact) mass is 444 g/mol. The van der Waals surface area contributed by atoms with Crippen LogP contribution in [-0.2, 0) is 0 Å². The Balaban J connectivity index is 1.51. The number of urea groups is 1. The van der Waals surface area contributed by atoms with Crippen molar-refractivity contribution in [1.29, 1.82) is 5.26 Å². The van der Waals surface area contributed by atoms with Crippen LogP contribution in [0.1, 0.15) is 23.4 Å². The highest BCUT2D eigenvalue weighted by Gasteiger charge is 2.43. The Bertz CT molecular complexity index is 1220. The van der Waals surface area contributed by atoms with Crippen LogP contribution in [0.5, 0.6) is 0 Å². The van der Waals surface area contributed by atoms with E-state index in [4.69, 9.17) is 4.98 Å². The highest BCUT2D eigenvalue weighted by atomic mass is 32.1. The van der Waals surface area contributed by atoms with Crippen LogP contribution >= 0.6 is 11.3 Å². The SMILES string of the molecule is Cc1cc(-c2sc(NC(=O)N3C[C@@H]4C[C@H]3CN4C)nc2-c2cccc(C#N)c2)cc(C)n1. The molecule has 2 aromatic heterocycles. The third-order valence-corrected chi connectivity index (χ3v) is 7.24. The van der Waals surface area contributed by atoms with Crippen molar-refractivity contribution < 1.29 is 4.79 Å². The highest BCUT2D eigenvalue weighted by Crippen LogP contribution is 2.40. The molecule has 2 aliphatic rings. The van der Waals surface area contributed by atoms with Gasteiger partial charge in [0.25, 0.3) is 0 Å². The standard InChI is InChI=1S/C24H24N6OS/c1-14-7-18(8-15(2)26-14)22-21(17-6-4-5-16(9-17)11-25)27-23(32-22)28-24(31)30-13-19-10-20(30)12-29(19)3/h4-9,19-20H,10,12-13H2,1-3H3,(H,27,28,31)/t19-,20-/m0/s1. The zero-order chi connectivity index (χ0) is 22.4. The summed E-state index contributed by atoms with van der Waals surface area (Å²) in [4.78, 5) is 27.5. The number of hydrogen-bond donors (Lipinski definition) is 1. The molecule has 0 saturated carbocycles. The molecule has 2 fully saturated rings. The van der Waals surface area contributed by atoms with E-state index < -0.39 is 0 Å². The van der Waals surface area contributed by atoms with E-state index in [0.29, 0.717) is 16.7 Å². The quantitative estimate of drug-likeness (QED) is 0.652. The van der Waals surface area contributed by atoms with Crippen molar-refractivity contribution >= 4 is 22.5 Å². The fraction of sp³-hybridized carbons (Fsp3) is 0.333. The number of carbonyl (C=O) groups is 1. The largest absolute Gasteiger partial charge is 0.323 e. The van der Waals surface area contributed by atoms with Crippen LogP contribution in [0.2, 0.25) is 0 Å². The molecule has 4 heterocycles. The summed E-state index contributed by atoms with van der Waals surface area (Å²) in [6.45, 7) is 5.61. The number of nitrogens with zero attached hydrogens (tertiary/aromatic N) is 5. The lowest BCUT2D eigenvalue weighted by Crippen LogP contribution is -2.48. The molecule has 162 valence electrons. The molecule has 0 spiro atoms. The summed E-state index contributed by atoms with van der Waals surface area (Å²) in [5.74, 6) is 0. The minimum Gasteiger partial charge on any atom is -0.319 e. The summed E-state index contributed by atoms with van der Waals surface area (Å²) in [6, 6.07) is 14.3. The molecule has 2 aliphatic heterocycles. The minimum absolute atomic E-state index is 0.0923. The van der Waals surface area contributed by atoms with Gasteiger partial charge in [-0.15, -0.1) is 0 Å². The Morgan fingerprint density at radius 3 is 2.56 bits per heavy atom. The molecule has 1 N–H and O–H groups in total. The number of amides is 2. The molecule has 0 aliphatic carbocycles. The van der Waals surface area contributed by atoms with Crippen LogP contribution in [0.15, 0.2) is 36.4 Å². The first-order valence-corrected chi connectivity index (χ1v) is 11.5. The molecule has 32 heavy (non-hydrogen) atoms. The number of fused-ring (bicyclic) bond motifs is 2. The number of likely N-dealkylation sites (N-methyl/N-ethyl adjacent to an activating group) is 1. The molecule has 2 saturated heterocycles. The van der Waals surface area contributed by atoms with Gasteiger partial charge in [0.15, 0.2) is 5.13 Å².